The first kappa shape index (κ1) is 16.9. The van der Waals surface area contributed by atoms with Crippen molar-refractivity contribution in [2.45, 2.75) is 6.92 Å². The van der Waals surface area contributed by atoms with Crippen molar-refractivity contribution in [1.82, 2.24) is 4.57 Å². The zero-order valence-corrected chi connectivity index (χ0v) is 15.5. The molecule has 0 fully saturated rings. The second kappa shape index (κ2) is 6.89. The van der Waals surface area contributed by atoms with Gasteiger partial charge in [0.2, 0.25) is 0 Å². The Morgan fingerprint density at radius 2 is 1.83 bits per heavy atom. The summed E-state index contributed by atoms with van der Waals surface area (Å²) in [7, 11) is 1.68. The average molecular weight is 376 g/mol. The second-order valence-corrected chi connectivity index (χ2v) is 8.10. The van der Waals surface area contributed by atoms with Crippen molar-refractivity contribution in [2.75, 3.05) is 0 Å². The molecule has 24 heavy (non-hydrogen) atoms. The predicted molar refractivity (Wildman–Crippen MR) is 102 cm³/mol. The summed E-state index contributed by atoms with van der Waals surface area (Å²) in [6, 6.07) is 10.7. The minimum Gasteiger partial charge on any atom is -0.302 e. The van der Waals surface area contributed by atoms with Crippen molar-refractivity contribution < 1.29 is 4.79 Å². The smallest absolute Gasteiger partial charge is 0.268 e. The molecule has 3 aromatic rings. The number of halogens is 1. The lowest BCUT2D eigenvalue weighted by atomic mass is 10.1. The van der Waals surface area contributed by atoms with Crippen LogP contribution in [0.5, 0.6) is 0 Å². The summed E-state index contributed by atoms with van der Waals surface area (Å²) in [6.45, 7) is 2.03. The van der Waals surface area contributed by atoms with Crippen molar-refractivity contribution >= 4 is 52.2 Å². The van der Waals surface area contributed by atoms with Gasteiger partial charge in [-0.05, 0) is 49.4 Å². The van der Waals surface area contributed by atoms with Gasteiger partial charge in [0.15, 0.2) is 5.78 Å². The Hall–Kier alpha value is -1.95. The van der Waals surface area contributed by atoms with Crippen LogP contribution in [0.4, 0.5) is 0 Å². The van der Waals surface area contributed by atoms with Gasteiger partial charge in [-0.2, -0.15) is 0 Å². The number of carbonyl (C=O) groups excluding carboxylic acids is 1. The third-order valence-corrected chi connectivity index (χ3v) is 5.79. The van der Waals surface area contributed by atoms with Crippen molar-refractivity contribution in [3.63, 3.8) is 0 Å². The number of carbonyl (C=O) groups is 1. The van der Waals surface area contributed by atoms with Crippen molar-refractivity contribution in [3.8, 4) is 0 Å². The van der Waals surface area contributed by atoms with Crippen LogP contribution >= 0.6 is 34.3 Å². The molecule has 0 unspecified atom stereocenters. The topological polar surface area (TPSA) is 39.1 Å². The SMILES string of the molecule is Cc1ccc(/C=c2\s/c(=C\C(=O)c3ccc(Cl)cc3)n(C)c2=O)s1. The van der Waals surface area contributed by atoms with Crippen LogP contribution in [0.2, 0.25) is 5.02 Å². The first-order valence-electron chi connectivity index (χ1n) is 7.19. The highest BCUT2D eigenvalue weighted by molar-refractivity contribution is 7.13. The van der Waals surface area contributed by atoms with Gasteiger partial charge < -0.3 is 4.57 Å². The van der Waals surface area contributed by atoms with Gasteiger partial charge in [-0.3, -0.25) is 9.59 Å². The first-order chi connectivity index (χ1) is 11.4. The summed E-state index contributed by atoms with van der Waals surface area (Å²) in [4.78, 5) is 26.9. The molecule has 0 spiro atoms. The second-order valence-electron chi connectivity index (χ2n) is 5.28. The summed E-state index contributed by atoms with van der Waals surface area (Å²) < 4.78 is 2.75. The van der Waals surface area contributed by atoms with Crippen molar-refractivity contribution in [1.29, 1.82) is 0 Å². The number of hydrogen-bond donors (Lipinski definition) is 0. The largest absolute Gasteiger partial charge is 0.302 e. The fraction of sp³-hybridized carbons (Fsp3) is 0.111. The van der Waals surface area contributed by atoms with E-state index in [4.69, 9.17) is 11.6 Å². The summed E-state index contributed by atoms with van der Waals surface area (Å²) in [6.07, 6.45) is 3.36. The maximum atomic E-state index is 12.4. The van der Waals surface area contributed by atoms with Gasteiger partial charge in [0, 0.05) is 33.5 Å². The molecule has 0 saturated heterocycles. The Bertz CT molecular complexity index is 1070. The normalized spacial score (nSPS) is 12.8. The lowest BCUT2D eigenvalue weighted by molar-refractivity contribution is 0.106. The molecule has 2 heterocycles. The van der Waals surface area contributed by atoms with Crippen molar-refractivity contribution in [2.24, 2.45) is 7.05 Å². The number of ketones is 1. The molecule has 3 nitrogen and oxygen atoms in total. The van der Waals surface area contributed by atoms with Gasteiger partial charge >= 0.3 is 0 Å². The zero-order chi connectivity index (χ0) is 17.3. The van der Waals surface area contributed by atoms with E-state index in [9.17, 15) is 9.59 Å². The third kappa shape index (κ3) is 3.59. The molecule has 3 rings (SSSR count). The molecule has 6 heteroatoms. The molecule has 0 aliphatic carbocycles. The number of aromatic nitrogens is 1. The summed E-state index contributed by atoms with van der Waals surface area (Å²) in [5.74, 6) is -0.151. The van der Waals surface area contributed by atoms with E-state index in [1.807, 2.05) is 25.1 Å². The number of thiazole rings is 1. The highest BCUT2D eigenvalue weighted by Gasteiger charge is 2.06. The lowest BCUT2D eigenvalue weighted by Crippen LogP contribution is -2.29. The molecule has 1 aromatic carbocycles. The molecule has 0 radical (unpaired) electrons. The van der Waals surface area contributed by atoms with Crippen LogP contribution in [0.15, 0.2) is 41.2 Å². The maximum absolute atomic E-state index is 12.4. The molecule has 0 amide bonds. The fourth-order valence-corrected chi connectivity index (χ4v) is 4.22. The van der Waals surface area contributed by atoms with Crippen LogP contribution in [0, 0.1) is 6.92 Å². The Balaban J connectivity index is 2.04. The van der Waals surface area contributed by atoms with E-state index in [1.165, 1.54) is 26.9 Å². The predicted octanol–water partition coefficient (Wildman–Crippen LogP) is 2.96. The zero-order valence-electron chi connectivity index (χ0n) is 13.1. The van der Waals surface area contributed by atoms with E-state index in [1.54, 1.807) is 42.6 Å². The molecule has 0 aliphatic heterocycles. The van der Waals surface area contributed by atoms with Gasteiger partial charge in [0.05, 0.1) is 4.53 Å². The van der Waals surface area contributed by atoms with E-state index in [-0.39, 0.29) is 11.3 Å². The average Bonchev–Trinajstić information content (AvgIpc) is 3.07. The van der Waals surface area contributed by atoms with Crippen LogP contribution in [0.3, 0.4) is 0 Å². The minimum atomic E-state index is -0.151. The van der Waals surface area contributed by atoms with Gasteiger partial charge in [0.1, 0.15) is 4.66 Å². The number of nitrogens with zero attached hydrogens (tertiary/aromatic N) is 1. The molecule has 0 aliphatic rings. The van der Waals surface area contributed by atoms with Crippen LogP contribution in [0.25, 0.3) is 12.2 Å². The molecule has 0 N–H and O–H groups in total. The fourth-order valence-electron chi connectivity index (χ4n) is 2.18. The Kier molecular flexibility index (Phi) is 4.85. The maximum Gasteiger partial charge on any atom is 0.268 e. The van der Waals surface area contributed by atoms with Crippen molar-refractivity contribution in [3.05, 3.63) is 76.3 Å². The molecule has 0 atom stereocenters. The quantitative estimate of drug-likeness (QED) is 0.660. The number of hydrogen-bond acceptors (Lipinski definition) is 4. The molecular formula is C18H14ClNO2S2. The first-order valence-corrected chi connectivity index (χ1v) is 9.21. The summed E-state index contributed by atoms with van der Waals surface area (Å²) >= 11 is 8.78. The number of Topliss-reactive ketones (excluding diaryl/α,β-unsaturated/α-hetero) is 1. The van der Waals surface area contributed by atoms with Crippen LogP contribution in [0.1, 0.15) is 20.1 Å². The summed E-state index contributed by atoms with van der Waals surface area (Å²) in [5.41, 5.74) is 0.445. The van der Waals surface area contributed by atoms with Crippen LogP contribution in [-0.4, -0.2) is 10.4 Å². The molecule has 2 aromatic heterocycles. The molecule has 122 valence electrons. The van der Waals surface area contributed by atoms with E-state index >= 15 is 0 Å². The monoisotopic (exact) mass is 375 g/mol. The molecule has 0 saturated carbocycles. The van der Waals surface area contributed by atoms with Gasteiger partial charge in [-0.15, -0.1) is 22.7 Å². The number of rotatable bonds is 3. The highest BCUT2D eigenvalue weighted by Crippen LogP contribution is 2.15. The standard InChI is InChI=1S/C18H14ClNO2S2/c1-11-3-8-14(23-11)9-16-18(22)20(2)17(24-16)10-15(21)12-4-6-13(19)7-5-12/h3-10H,1-2H3/b16-9-,17-10-. The van der Waals surface area contributed by atoms with Gasteiger partial charge in [-0.1, -0.05) is 11.6 Å². The Labute approximate surface area is 151 Å². The number of thiophene rings is 1. The molecule has 0 bridgehead atoms. The lowest BCUT2D eigenvalue weighted by Gasteiger charge is -1.95. The van der Waals surface area contributed by atoms with E-state index < -0.39 is 0 Å². The van der Waals surface area contributed by atoms with E-state index in [2.05, 4.69) is 0 Å². The van der Waals surface area contributed by atoms with Crippen LogP contribution < -0.4 is 14.8 Å². The van der Waals surface area contributed by atoms with Gasteiger partial charge in [-0.25, -0.2) is 0 Å². The summed E-state index contributed by atoms with van der Waals surface area (Å²) in [5, 5.41) is 0.582. The Morgan fingerprint density at radius 3 is 2.46 bits per heavy atom. The number of benzene rings is 1. The Morgan fingerprint density at radius 1 is 1.12 bits per heavy atom. The van der Waals surface area contributed by atoms with E-state index in [0.29, 0.717) is 19.8 Å². The van der Waals surface area contributed by atoms with E-state index in [0.717, 1.165) is 4.88 Å². The van der Waals surface area contributed by atoms with Gasteiger partial charge in [0.25, 0.3) is 5.56 Å². The minimum absolute atomic E-state index is 0.0961. The third-order valence-electron chi connectivity index (χ3n) is 3.48. The number of aryl methyl sites for hydroxylation is 1. The molecular weight excluding hydrogens is 362 g/mol. The van der Waals surface area contributed by atoms with Crippen LogP contribution in [-0.2, 0) is 7.05 Å². The highest BCUT2D eigenvalue weighted by atomic mass is 35.5.